The first-order valence-corrected chi connectivity index (χ1v) is 5.14. The van der Waals surface area contributed by atoms with Crippen LogP contribution in [0.25, 0.3) is 0 Å². The van der Waals surface area contributed by atoms with E-state index < -0.39 is 17.8 Å². The highest BCUT2D eigenvalue weighted by atomic mass is 19.4. The van der Waals surface area contributed by atoms with Crippen LogP contribution in [0.3, 0.4) is 0 Å². The summed E-state index contributed by atoms with van der Waals surface area (Å²) in [5.74, 6) is 0. The van der Waals surface area contributed by atoms with Crippen LogP contribution in [-0.2, 0) is 12.7 Å². The Balaban J connectivity index is 2.18. The van der Waals surface area contributed by atoms with E-state index in [1.807, 2.05) is 0 Å². The Bertz CT molecular complexity index is 511. The minimum Gasteiger partial charge on any atom is -0.386 e. The van der Waals surface area contributed by atoms with Crippen molar-refractivity contribution in [2.75, 3.05) is 0 Å². The van der Waals surface area contributed by atoms with Crippen LogP contribution in [0.4, 0.5) is 13.2 Å². The molecule has 1 atom stereocenters. The highest BCUT2D eigenvalue weighted by molar-refractivity contribution is 5.27. The molecule has 1 aromatic heterocycles. The van der Waals surface area contributed by atoms with Crippen LogP contribution < -0.4 is 0 Å². The zero-order valence-electron chi connectivity index (χ0n) is 9.17. The Morgan fingerprint density at radius 3 is 2.72 bits per heavy atom. The van der Waals surface area contributed by atoms with Gasteiger partial charge in [-0.1, -0.05) is 12.1 Å². The van der Waals surface area contributed by atoms with Crippen LogP contribution >= 0.6 is 0 Å². The summed E-state index contributed by atoms with van der Waals surface area (Å²) in [6.45, 7) is 0.0569. The summed E-state index contributed by atoms with van der Waals surface area (Å²) >= 11 is 0. The maximum atomic E-state index is 12.5. The Morgan fingerprint density at radius 1 is 1.33 bits per heavy atom. The van der Waals surface area contributed by atoms with E-state index in [1.54, 1.807) is 0 Å². The van der Waals surface area contributed by atoms with Crippen molar-refractivity contribution in [3.63, 3.8) is 0 Å². The first kappa shape index (κ1) is 12.6. The number of aliphatic hydroxyl groups is 1. The molecule has 1 aromatic carbocycles. The molecule has 0 radical (unpaired) electrons. The maximum absolute atomic E-state index is 12.5. The van der Waals surface area contributed by atoms with Crippen molar-refractivity contribution in [3.8, 4) is 0 Å². The highest BCUT2D eigenvalue weighted by Gasteiger charge is 2.30. The fraction of sp³-hybridized carbons (Fsp3) is 0.273. The molecule has 0 saturated carbocycles. The lowest BCUT2D eigenvalue weighted by molar-refractivity contribution is -0.137. The third-order valence-corrected chi connectivity index (χ3v) is 2.43. The van der Waals surface area contributed by atoms with Gasteiger partial charge in [0, 0.05) is 0 Å². The molecule has 7 heteroatoms. The van der Waals surface area contributed by atoms with Crippen LogP contribution in [-0.4, -0.2) is 19.9 Å². The van der Waals surface area contributed by atoms with Gasteiger partial charge in [0.25, 0.3) is 0 Å². The lowest BCUT2D eigenvalue weighted by atomic mass is 10.1. The van der Waals surface area contributed by atoms with E-state index in [0.29, 0.717) is 0 Å². The number of aromatic nitrogens is 3. The molecular formula is C11H10F3N3O. The molecule has 0 bridgehead atoms. The van der Waals surface area contributed by atoms with Gasteiger partial charge in [0.2, 0.25) is 0 Å². The first-order chi connectivity index (χ1) is 8.47. The standard InChI is InChI=1S/C11H10F3N3O/c12-11(13,14)9-3-1-2-8(4-9)10(18)5-17-7-15-6-16-17/h1-4,6-7,10,18H,5H2. The van der Waals surface area contributed by atoms with Crippen molar-refractivity contribution in [3.05, 3.63) is 48.0 Å². The molecule has 2 rings (SSSR count). The molecular weight excluding hydrogens is 247 g/mol. The lowest BCUT2D eigenvalue weighted by Gasteiger charge is -2.13. The van der Waals surface area contributed by atoms with Gasteiger partial charge in [0.05, 0.1) is 18.2 Å². The number of aliphatic hydroxyl groups excluding tert-OH is 1. The summed E-state index contributed by atoms with van der Waals surface area (Å²) in [6, 6.07) is 4.60. The summed E-state index contributed by atoms with van der Waals surface area (Å²) in [5, 5.41) is 13.6. The Morgan fingerprint density at radius 2 is 2.11 bits per heavy atom. The van der Waals surface area contributed by atoms with E-state index in [9.17, 15) is 18.3 Å². The molecule has 0 spiro atoms. The van der Waals surface area contributed by atoms with Crippen molar-refractivity contribution in [1.82, 2.24) is 14.8 Å². The summed E-state index contributed by atoms with van der Waals surface area (Å²) in [7, 11) is 0. The zero-order valence-corrected chi connectivity index (χ0v) is 9.17. The molecule has 1 heterocycles. The molecule has 0 aliphatic heterocycles. The number of hydrogen-bond acceptors (Lipinski definition) is 3. The molecule has 2 aromatic rings. The zero-order chi connectivity index (χ0) is 13.2. The van der Waals surface area contributed by atoms with Crippen molar-refractivity contribution in [2.24, 2.45) is 0 Å². The van der Waals surface area contributed by atoms with Crippen LogP contribution in [0.2, 0.25) is 0 Å². The predicted octanol–water partition coefficient (Wildman–Crippen LogP) is 2.03. The molecule has 18 heavy (non-hydrogen) atoms. The number of nitrogens with zero attached hydrogens (tertiary/aromatic N) is 3. The topological polar surface area (TPSA) is 50.9 Å². The van der Waals surface area contributed by atoms with Crippen LogP contribution in [0, 0.1) is 0 Å². The molecule has 1 unspecified atom stereocenters. The van der Waals surface area contributed by atoms with E-state index in [4.69, 9.17) is 0 Å². The van der Waals surface area contributed by atoms with E-state index in [0.717, 1.165) is 12.1 Å². The third kappa shape index (κ3) is 2.86. The van der Waals surface area contributed by atoms with Gasteiger partial charge in [-0.3, -0.25) is 4.68 Å². The van der Waals surface area contributed by atoms with E-state index >= 15 is 0 Å². The smallest absolute Gasteiger partial charge is 0.386 e. The molecule has 0 aliphatic carbocycles. The Kier molecular flexibility index (Phi) is 3.33. The quantitative estimate of drug-likeness (QED) is 0.915. The van der Waals surface area contributed by atoms with Gasteiger partial charge < -0.3 is 5.11 Å². The van der Waals surface area contributed by atoms with Crippen molar-refractivity contribution in [1.29, 1.82) is 0 Å². The highest BCUT2D eigenvalue weighted by Crippen LogP contribution is 2.30. The average Bonchev–Trinajstić information content (AvgIpc) is 2.81. The van der Waals surface area contributed by atoms with E-state index in [1.165, 1.54) is 29.5 Å². The first-order valence-electron chi connectivity index (χ1n) is 5.14. The fourth-order valence-electron chi connectivity index (χ4n) is 1.53. The second-order valence-corrected chi connectivity index (χ2v) is 3.76. The molecule has 0 saturated heterocycles. The molecule has 0 fully saturated rings. The Labute approximate surface area is 101 Å². The SMILES string of the molecule is OC(Cn1cncn1)c1cccc(C(F)(F)F)c1. The molecule has 0 amide bonds. The second kappa shape index (κ2) is 4.77. The Hall–Kier alpha value is -1.89. The summed E-state index contributed by atoms with van der Waals surface area (Å²) in [5.41, 5.74) is -0.585. The van der Waals surface area contributed by atoms with E-state index in [2.05, 4.69) is 10.1 Å². The minimum absolute atomic E-state index is 0.0569. The van der Waals surface area contributed by atoms with E-state index in [-0.39, 0.29) is 12.1 Å². The molecule has 96 valence electrons. The second-order valence-electron chi connectivity index (χ2n) is 3.76. The minimum atomic E-state index is -4.41. The molecule has 1 N–H and O–H groups in total. The van der Waals surface area contributed by atoms with Gasteiger partial charge >= 0.3 is 6.18 Å². The normalized spacial score (nSPS) is 13.6. The number of rotatable bonds is 3. The van der Waals surface area contributed by atoms with Crippen LogP contribution in [0.1, 0.15) is 17.2 Å². The molecule has 4 nitrogen and oxygen atoms in total. The van der Waals surface area contributed by atoms with Crippen molar-refractivity contribution < 1.29 is 18.3 Å². The largest absolute Gasteiger partial charge is 0.416 e. The average molecular weight is 257 g/mol. The monoisotopic (exact) mass is 257 g/mol. The van der Waals surface area contributed by atoms with Gasteiger partial charge in [-0.25, -0.2) is 4.98 Å². The maximum Gasteiger partial charge on any atom is 0.416 e. The van der Waals surface area contributed by atoms with Gasteiger partial charge in [-0.05, 0) is 17.7 Å². The van der Waals surface area contributed by atoms with Crippen molar-refractivity contribution in [2.45, 2.75) is 18.8 Å². The van der Waals surface area contributed by atoms with Gasteiger partial charge in [0.1, 0.15) is 12.7 Å². The fourth-order valence-corrected chi connectivity index (χ4v) is 1.53. The number of benzene rings is 1. The van der Waals surface area contributed by atoms with Gasteiger partial charge in [-0.2, -0.15) is 18.3 Å². The van der Waals surface area contributed by atoms with Crippen LogP contribution in [0.15, 0.2) is 36.9 Å². The summed E-state index contributed by atoms with van der Waals surface area (Å²) in [6.07, 6.45) is -2.80. The van der Waals surface area contributed by atoms with Gasteiger partial charge in [0.15, 0.2) is 0 Å². The number of hydrogen-bond donors (Lipinski definition) is 1. The summed E-state index contributed by atoms with van der Waals surface area (Å²) in [4.78, 5) is 3.69. The predicted molar refractivity (Wildman–Crippen MR) is 56.4 cm³/mol. The van der Waals surface area contributed by atoms with Crippen molar-refractivity contribution >= 4 is 0 Å². The number of alkyl halides is 3. The summed E-state index contributed by atoms with van der Waals surface area (Å²) < 4.78 is 38.9. The lowest BCUT2D eigenvalue weighted by Crippen LogP contribution is -2.11. The number of halogens is 3. The third-order valence-electron chi connectivity index (χ3n) is 2.43. The van der Waals surface area contributed by atoms with Crippen LogP contribution in [0.5, 0.6) is 0 Å². The van der Waals surface area contributed by atoms with Gasteiger partial charge in [-0.15, -0.1) is 0 Å². The molecule has 0 aliphatic rings.